The molecule has 1 atom stereocenters. The molecule has 25 heavy (non-hydrogen) atoms. The molecule has 0 spiro atoms. The van der Waals surface area contributed by atoms with Crippen LogP contribution in [0.15, 0.2) is 36.4 Å². The van der Waals surface area contributed by atoms with Crippen LogP contribution in [0.1, 0.15) is 5.56 Å². The summed E-state index contributed by atoms with van der Waals surface area (Å²) in [5.41, 5.74) is 1.03. The second-order valence-electron chi connectivity index (χ2n) is 5.37. The molecule has 1 heterocycles. The molecule has 0 N–H and O–H groups in total. The van der Waals surface area contributed by atoms with Gasteiger partial charge in [-0.25, -0.2) is 0 Å². The summed E-state index contributed by atoms with van der Waals surface area (Å²) in [7, 11) is 4.85. The predicted molar refractivity (Wildman–Crippen MR) is 104 cm³/mol. The lowest BCUT2D eigenvalue weighted by atomic mass is 10.1. The fourth-order valence-electron chi connectivity index (χ4n) is 2.50. The van der Waals surface area contributed by atoms with Crippen LogP contribution in [0.2, 0.25) is 0 Å². The molecule has 1 unspecified atom stereocenters. The van der Waals surface area contributed by atoms with E-state index in [1.165, 1.54) is 0 Å². The maximum Gasteiger partial charge on any atom is 0.164 e. The normalized spacial score (nSPS) is 15.1. The van der Waals surface area contributed by atoms with Gasteiger partial charge in [-0.2, -0.15) is 0 Å². The van der Waals surface area contributed by atoms with Crippen molar-refractivity contribution in [1.82, 2.24) is 0 Å². The number of hydrogen-bond acceptors (Lipinski definition) is 5. The molecule has 5 nitrogen and oxygen atoms in total. The zero-order valence-corrected chi connectivity index (χ0v) is 16.4. The third-order valence-corrected chi connectivity index (χ3v) is 4.67. The summed E-state index contributed by atoms with van der Waals surface area (Å²) in [4.78, 5) is 0. The lowest BCUT2D eigenvalue weighted by Crippen LogP contribution is -2.24. The molecule has 0 amide bonds. The molecule has 0 aliphatic carbocycles. The topological polar surface area (TPSA) is 46.2 Å². The quantitative estimate of drug-likeness (QED) is 0.614. The third-order valence-electron chi connectivity index (χ3n) is 3.83. The molecule has 132 valence electrons. The maximum absolute atomic E-state index is 5.99. The summed E-state index contributed by atoms with van der Waals surface area (Å²) in [5, 5.41) is 0. The molecular weight excluding hydrogens is 435 g/mol. The van der Waals surface area contributed by atoms with Crippen molar-refractivity contribution in [3.8, 4) is 28.7 Å². The largest absolute Gasteiger partial charge is 0.497 e. The second-order valence-corrected chi connectivity index (χ2v) is 6.53. The zero-order valence-electron chi connectivity index (χ0n) is 14.2. The lowest BCUT2D eigenvalue weighted by molar-refractivity contribution is 0.160. The Morgan fingerprint density at radius 2 is 1.72 bits per heavy atom. The number of ether oxygens (including phenoxy) is 5. The number of rotatable bonds is 6. The van der Waals surface area contributed by atoms with E-state index in [4.69, 9.17) is 23.7 Å². The summed E-state index contributed by atoms with van der Waals surface area (Å²) in [6.07, 6.45) is 3.84. The Hall–Kier alpha value is -2.09. The van der Waals surface area contributed by atoms with E-state index in [-0.39, 0.29) is 6.10 Å². The van der Waals surface area contributed by atoms with Crippen LogP contribution in [0.5, 0.6) is 28.7 Å². The molecule has 0 radical (unpaired) electrons. The molecular formula is C19H19IO5. The maximum atomic E-state index is 5.99. The number of fused-ring (bicyclic) bond motifs is 1. The van der Waals surface area contributed by atoms with E-state index in [9.17, 15) is 0 Å². The first-order valence-electron chi connectivity index (χ1n) is 7.72. The van der Waals surface area contributed by atoms with Crippen molar-refractivity contribution in [2.24, 2.45) is 0 Å². The number of benzene rings is 2. The Bertz CT molecular complexity index is 788. The van der Waals surface area contributed by atoms with E-state index < -0.39 is 0 Å². The fourth-order valence-corrected chi connectivity index (χ4v) is 3.10. The van der Waals surface area contributed by atoms with E-state index >= 15 is 0 Å². The molecule has 0 fully saturated rings. The average Bonchev–Trinajstić information content (AvgIpc) is 2.65. The minimum Gasteiger partial charge on any atom is -0.497 e. The van der Waals surface area contributed by atoms with Gasteiger partial charge in [0.2, 0.25) is 0 Å². The zero-order chi connectivity index (χ0) is 17.8. The molecule has 0 saturated carbocycles. The monoisotopic (exact) mass is 454 g/mol. The van der Waals surface area contributed by atoms with Gasteiger partial charge in [0, 0.05) is 23.8 Å². The first-order valence-corrected chi connectivity index (χ1v) is 8.79. The number of halogens is 1. The van der Waals surface area contributed by atoms with E-state index in [0.717, 1.165) is 26.4 Å². The Kier molecular flexibility index (Phi) is 5.57. The summed E-state index contributed by atoms with van der Waals surface area (Å²) in [5.74, 6) is 3.59. The van der Waals surface area contributed by atoms with Crippen LogP contribution in [0.3, 0.4) is 0 Å². The first-order chi connectivity index (χ1) is 12.1. The van der Waals surface area contributed by atoms with Crippen molar-refractivity contribution in [2.75, 3.05) is 27.9 Å². The van der Waals surface area contributed by atoms with Gasteiger partial charge in [-0.3, -0.25) is 0 Å². The van der Waals surface area contributed by atoms with Crippen molar-refractivity contribution in [3.05, 3.63) is 45.5 Å². The fraction of sp³-hybridized carbons (Fsp3) is 0.263. The Balaban J connectivity index is 1.70. The Morgan fingerprint density at radius 3 is 2.44 bits per heavy atom. The molecule has 0 aromatic heterocycles. The predicted octanol–water partition coefficient (Wildman–Crippen LogP) is 4.17. The van der Waals surface area contributed by atoms with Gasteiger partial charge in [0.15, 0.2) is 17.6 Å². The molecule has 2 aromatic rings. The Morgan fingerprint density at radius 1 is 0.960 bits per heavy atom. The first kappa shape index (κ1) is 17.7. The molecule has 1 aliphatic rings. The highest BCUT2D eigenvalue weighted by molar-refractivity contribution is 14.1. The van der Waals surface area contributed by atoms with Crippen molar-refractivity contribution in [3.63, 3.8) is 0 Å². The van der Waals surface area contributed by atoms with E-state index in [1.807, 2.05) is 42.5 Å². The molecule has 0 saturated heterocycles. The van der Waals surface area contributed by atoms with Gasteiger partial charge in [-0.1, -0.05) is 6.08 Å². The van der Waals surface area contributed by atoms with E-state index in [2.05, 4.69) is 22.6 Å². The molecule has 3 rings (SSSR count). The second kappa shape index (κ2) is 7.86. The van der Waals surface area contributed by atoms with Gasteiger partial charge >= 0.3 is 0 Å². The summed E-state index contributed by atoms with van der Waals surface area (Å²) < 4.78 is 28.7. The minimum absolute atomic E-state index is 0.177. The van der Waals surface area contributed by atoms with Crippen LogP contribution < -0.4 is 23.7 Å². The van der Waals surface area contributed by atoms with Crippen molar-refractivity contribution >= 4 is 28.7 Å². The van der Waals surface area contributed by atoms with Gasteiger partial charge in [-0.05, 0) is 40.8 Å². The van der Waals surface area contributed by atoms with Crippen molar-refractivity contribution in [2.45, 2.75) is 6.10 Å². The smallest absolute Gasteiger partial charge is 0.164 e. The summed E-state index contributed by atoms with van der Waals surface area (Å²) in [6.45, 7) is 0.388. The number of methoxy groups -OCH3 is 3. The standard InChI is InChI=1S/C19H19IO5/c1-21-13-6-4-12-5-7-14(25-16(12)8-13)11-24-17-10-19(23-3)18(22-2)9-15(17)20/h4-10,14H,11H2,1-3H3. The van der Waals surface area contributed by atoms with Crippen molar-refractivity contribution in [1.29, 1.82) is 0 Å². The summed E-state index contributed by atoms with van der Waals surface area (Å²) >= 11 is 2.21. The average molecular weight is 454 g/mol. The summed E-state index contributed by atoms with van der Waals surface area (Å²) in [6, 6.07) is 9.47. The van der Waals surface area contributed by atoms with Crippen LogP contribution >= 0.6 is 22.6 Å². The molecule has 6 heteroatoms. The minimum atomic E-state index is -0.177. The van der Waals surface area contributed by atoms with Gasteiger partial charge in [0.05, 0.1) is 24.9 Å². The van der Waals surface area contributed by atoms with Crippen LogP contribution in [-0.2, 0) is 0 Å². The highest BCUT2D eigenvalue weighted by Gasteiger charge is 2.18. The molecule has 0 bridgehead atoms. The molecule has 1 aliphatic heterocycles. The van der Waals surface area contributed by atoms with Gasteiger partial charge in [0.25, 0.3) is 0 Å². The van der Waals surface area contributed by atoms with Crippen LogP contribution in [0.25, 0.3) is 6.08 Å². The Labute approximate surface area is 160 Å². The number of hydrogen-bond donors (Lipinski definition) is 0. The highest BCUT2D eigenvalue weighted by atomic mass is 127. The van der Waals surface area contributed by atoms with Crippen LogP contribution in [-0.4, -0.2) is 34.0 Å². The van der Waals surface area contributed by atoms with Crippen LogP contribution in [0, 0.1) is 3.57 Å². The van der Waals surface area contributed by atoms with E-state index in [0.29, 0.717) is 18.1 Å². The van der Waals surface area contributed by atoms with Gasteiger partial charge < -0.3 is 23.7 Å². The van der Waals surface area contributed by atoms with Crippen molar-refractivity contribution < 1.29 is 23.7 Å². The highest BCUT2D eigenvalue weighted by Crippen LogP contribution is 2.36. The van der Waals surface area contributed by atoms with Gasteiger partial charge in [0.1, 0.15) is 23.9 Å². The lowest BCUT2D eigenvalue weighted by Gasteiger charge is -2.22. The van der Waals surface area contributed by atoms with Gasteiger partial charge in [-0.15, -0.1) is 0 Å². The molecule has 2 aromatic carbocycles. The van der Waals surface area contributed by atoms with Crippen LogP contribution in [0.4, 0.5) is 0 Å². The van der Waals surface area contributed by atoms with E-state index in [1.54, 1.807) is 21.3 Å². The third kappa shape index (κ3) is 3.95. The SMILES string of the molecule is COc1ccc2c(c1)OC(COc1cc(OC)c(OC)cc1I)C=C2.